The lowest BCUT2D eigenvalue weighted by atomic mass is 10.2. The summed E-state index contributed by atoms with van der Waals surface area (Å²) in [4.78, 5) is 11.6. The Hall–Kier alpha value is -2.99. The van der Waals surface area contributed by atoms with Crippen molar-refractivity contribution in [1.82, 2.24) is 0 Å². The largest absolute Gasteiger partial charge is 0.444 e. The number of amides is 1. The van der Waals surface area contributed by atoms with Crippen molar-refractivity contribution in [3.63, 3.8) is 0 Å². The van der Waals surface area contributed by atoms with Gasteiger partial charge in [-0.25, -0.2) is 4.79 Å². The van der Waals surface area contributed by atoms with Crippen LogP contribution in [0, 0.1) is 22.7 Å². The summed E-state index contributed by atoms with van der Waals surface area (Å²) in [5.41, 5.74) is 0.694. The summed E-state index contributed by atoms with van der Waals surface area (Å²) in [6, 6.07) is 10.3. The molecule has 0 saturated carbocycles. The lowest BCUT2D eigenvalue weighted by Gasteiger charge is -2.19. The molecular formula is C15H16N4O2. The Bertz CT molecular complexity index is 597. The van der Waals surface area contributed by atoms with E-state index in [0.717, 1.165) is 0 Å². The summed E-state index contributed by atoms with van der Waals surface area (Å²) in [7, 11) is 0. The quantitative estimate of drug-likeness (QED) is 0.829. The van der Waals surface area contributed by atoms with E-state index in [4.69, 9.17) is 15.3 Å². The number of ether oxygens (including phenoxy) is 1. The van der Waals surface area contributed by atoms with Crippen LogP contribution >= 0.6 is 0 Å². The Morgan fingerprint density at radius 1 is 1.14 bits per heavy atom. The van der Waals surface area contributed by atoms with Crippen molar-refractivity contribution >= 4 is 17.5 Å². The number of nitriles is 2. The maximum Gasteiger partial charge on any atom is 0.412 e. The first kappa shape index (κ1) is 16.1. The lowest BCUT2D eigenvalue weighted by Crippen LogP contribution is -2.27. The molecular weight excluding hydrogens is 268 g/mol. The minimum absolute atomic E-state index is 0.0223. The molecule has 0 atom stereocenters. The second-order valence-corrected chi connectivity index (χ2v) is 5.13. The highest BCUT2D eigenvalue weighted by molar-refractivity contribution is 5.85. The molecule has 0 aliphatic rings. The smallest absolute Gasteiger partial charge is 0.412 e. The molecule has 2 N–H and O–H groups in total. The van der Waals surface area contributed by atoms with Crippen LogP contribution in [0.4, 0.5) is 16.2 Å². The van der Waals surface area contributed by atoms with Gasteiger partial charge in [0, 0.05) is 17.6 Å². The molecule has 1 aromatic carbocycles. The standard InChI is InChI=1S/C15H16N4O2/c1-15(2,3)21-14(20)19-13-6-4-12(5-7-13)18-10-11(8-16)9-17/h4-7,10,18H,1-3H3,(H,19,20). The van der Waals surface area contributed by atoms with Gasteiger partial charge < -0.3 is 10.1 Å². The Morgan fingerprint density at radius 3 is 2.14 bits per heavy atom. The number of anilines is 2. The van der Waals surface area contributed by atoms with E-state index in [0.29, 0.717) is 11.4 Å². The molecule has 0 aromatic heterocycles. The first-order valence-electron chi connectivity index (χ1n) is 6.21. The van der Waals surface area contributed by atoms with E-state index in [2.05, 4.69) is 10.6 Å². The number of hydrogen-bond donors (Lipinski definition) is 2. The van der Waals surface area contributed by atoms with Gasteiger partial charge in [-0.1, -0.05) is 0 Å². The van der Waals surface area contributed by atoms with Crippen molar-refractivity contribution < 1.29 is 9.53 Å². The zero-order valence-electron chi connectivity index (χ0n) is 12.1. The summed E-state index contributed by atoms with van der Waals surface area (Å²) >= 11 is 0. The average Bonchev–Trinajstić information content (AvgIpc) is 2.39. The number of carbonyl (C=O) groups excluding carboxylic acids is 1. The average molecular weight is 284 g/mol. The number of nitrogens with one attached hydrogen (secondary N) is 2. The van der Waals surface area contributed by atoms with Crippen LogP contribution in [0.25, 0.3) is 0 Å². The topological polar surface area (TPSA) is 97.9 Å². The fourth-order valence-corrected chi connectivity index (χ4v) is 1.32. The highest BCUT2D eigenvalue weighted by atomic mass is 16.6. The molecule has 1 rings (SSSR count). The highest BCUT2D eigenvalue weighted by Crippen LogP contribution is 2.15. The van der Waals surface area contributed by atoms with E-state index < -0.39 is 11.7 Å². The monoisotopic (exact) mass is 284 g/mol. The Labute approximate surface area is 123 Å². The molecule has 0 bridgehead atoms. The molecule has 1 amide bonds. The molecule has 0 radical (unpaired) electrons. The van der Waals surface area contributed by atoms with Crippen LogP contribution in [0.15, 0.2) is 36.0 Å². The molecule has 0 heterocycles. The zero-order chi connectivity index (χ0) is 15.9. The number of nitrogens with zero attached hydrogens (tertiary/aromatic N) is 2. The van der Waals surface area contributed by atoms with Crippen molar-refractivity contribution in [3.05, 3.63) is 36.0 Å². The number of hydrogen-bond acceptors (Lipinski definition) is 5. The number of benzene rings is 1. The van der Waals surface area contributed by atoms with Crippen molar-refractivity contribution in [1.29, 1.82) is 10.5 Å². The fraction of sp³-hybridized carbons (Fsp3) is 0.267. The van der Waals surface area contributed by atoms with Gasteiger partial charge in [0.25, 0.3) is 0 Å². The third-order valence-electron chi connectivity index (χ3n) is 2.15. The van der Waals surface area contributed by atoms with Gasteiger partial charge in [-0.15, -0.1) is 0 Å². The van der Waals surface area contributed by atoms with E-state index in [1.807, 2.05) is 0 Å². The molecule has 0 saturated heterocycles. The maximum atomic E-state index is 11.6. The van der Waals surface area contributed by atoms with Crippen molar-refractivity contribution in [2.24, 2.45) is 0 Å². The third-order valence-corrected chi connectivity index (χ3v) is 2.15. The number of carbonyl (C=O) groups is 1. The summed E-state index contributed by atoms with van der Waals surface area (Å²) in [5, 5.41) is 22.6. The molecule has 0 aliphatic heterocycles. The minimum Gasteiger partial charge on any atom is -0.444 e. The van der Waals surface area contributed by atoms with E-state index in [9.17, 15) is 4.79 Å². The van der Waals surface area contributed by atoms with Crippen molar-refractivity contribution in [2.75, 3.05) is 10.6 Å². The highest BCUT2D eigenvalue weighted by Gasteiger charge is 2.15. The summed E-state index contributed by atoms with van der Waals surface area (Å²) in [6.45, 7) is 5.36. The normalized spacial score (nSPS) is 9.76. The summed E-state index contributed by atoms with van der Waals surface area (Å²) < 4.78 is 5.13. The predicted molar refractivity (Wildman–Crippen MR) is 79.2 cm³/mol. The van der Waals surface area contributed by atoms with Crippen LogP contribution in [0.1, 0.15) is 20.8 Å². The SMILES string of the molecule is CC(C)(C)OC(=O)Nc1ccc(NC=C(C#N)C#N)cc1. The van der Waals surface area contributed by atoms with E-state index in [1.165, 1.54) is 6.20 Å². The number of rotatable bonds is 3. The summed E-state index contributed by atoms with van der Waals surface area (Å²) in [5.74, 6) is 0. The van der Waals surface area contributed by atoms with Crippen LogP contribution in [0.3, 0.4) is 0 Å². The zero-order valence-corrected chi connectivity index (χ0v) is 12.1. The first-order chi connectivity index (χ1) is 9.84. The summed E-state index contributed by atoms with van der Waals surface area (Å²) in [6.07, 6.45) is 0.787. The van der Waals surface area contributed by atoms with Crippen LogP contribution in [0.2, 0.25) is 0 Å². The lowest BCUT2D eigenvalue weighted by molar-refractivity contribution is 0.0636. The Balaban J connectivity index is 2.63. The minimum atomic E-state index is -0.554. The molecule has 0 unspecified atom stereocenters. The molecule has 0 spiro atoms. The van der Waals surface area contributed by atoms with Gasteiger partial charge in [0.1, 0.15) is 23.3 Å². The molecule has 108 valence electrons. The molecule has 21 heavy (non-hydrogen) atoms. The predicted octanol–water partition coefficient (Wildman–Crippen LogP) is 3.38. The maximum absolute atomic E-state index is 11.6. The van der Waals surface area contributed by atoms with Gasteiger partial charge in [0.05, 0.1) is 0 Å². The van der Waals surface area contributed by atoms with Gasteiger partial charge in [0.2, 0.25) is 0 Å². The second-order valence-electron chi connectivity index (χ2n) is 5.13. The van der Waals surface area contributed by atoms with Crippen LogP contribution in [-0.4, -0.2) is 11.7 Å². The van der Waals surface area contributed by atoms with E-state index in [1.54, 1.807) is 57.2 Å². The molecule has 1 aromatic rings. The van der Waals surface area contributed by atoms with Gasteiger partial charge in [-0.2, -0.15) is 10.5 Å². The Kier molecular flexibility index (Phi) is 5.33. The fourth-order valence-electron chi connectivity index (χ4n) is 1.32. The first-order valence-corrected chi connectivity index (χ1v) is 6.21. The van der Waals surface area contributed by atoms with Gasteiger partial charge in [-0.3, -0.25) is 5.32 Å². The van der Waals surface area contributed by atoms with Gasteiger partial charge in [0.15, 0.2) is 0 Å². The molecule has 0 fully saturated rings. The molecule has 6 heteroatoms. The molecule has 6 nitrogen and oxygen atoms in total. The second kappa shape index (κ2) is 6.97. The van der Waals surface area contributed by atoms with E-state index in [-0.39, 0.29) is 5.57 Å². The Morgan fingerprint density at radius 2 is 1.67 bits per heavy atom. The van der Waals surface area contributed by atoms with E-state index >= 15 is 0 Å². The van der Waals surface area contributed by atoms with Crippen molar-refractivity contribution in [3.8, 4) is 12.1 Å². The molecule has 0 aliphatic carbocycles. The van der Waals surface area contributed by atoms with Crippen LogP contribution in [0.5, 0.6) is 0 Å². The van der Waals surface area contributed by atoms with Gasteiger partial charge >= 0.3 is 6.09 Å². The third kappa shape index (κ3) is 6.13. The van der Waals surface area contributed by atoms with Crippen molar-refractivity contribution in [2.45, 2.75) is 26.4 Å². The van der Waals surface area contributed by atoms with Crippen LogP contribution < -0.4 is 10.6 Å². The van der Waals surface area contributed by atoms with Crippen LogP contribution in [-0.2, 0) is 4.74 Å². The number of allylic oxidation sites excluding steroid dienone is 1. The van der Waals surface area contributed by atoms with Gasteiger partial charge in [-0.05, 0) is 45.0 Å².